The molecule has 14 nitrogen and oxygen atoms in total. The summed E-state index contributed by atoms with van der Waals surface area (Å²) >= 11 is 0. The molecule has 0 aliphatic carbocycles. The number of nitrogens with zero attached hydrogens (tertiary/aromatic N) is 3. The molecule has 0 radical (unpaired) electrons. The lowest BCUT2D eigenvalue weighted by atomic mass is 10.1. The van der Waals surface area contributed by atoms with Gasteiger partial charge in [-0.3, -0.25) is 19.2 Å². The lowest BCUT2D eigenvalue weighted by Crippen LogP contribution is -2.42. The summed E-state index contributed by atoms with van der Waals surface area (Å²) in [5, 5.41) is 33.8. The Morgan fingerprint density at radius 2 is 0.735 bits per heavy atom. The Morgan fingerprint density at radius 3 is 1.10 bits per heavy atom. The number of unbranched alkanes of at least 4 members (excludes halogenated alkanes) is 23. The highest BCUT2D eigenvalue weighted by atomic mass is 16.3. The SMILES string of the molecule is CCCCCCCCCCCCCCN(CCCCN(CCCCCCCCCCCCCC)CC(O)CNc1c(NCCCN(C)CCCNc2c(NC)c(=O)c2=O)c(=O)c1=O)CC(O)CN. The average molecular weight is 959 g/mol. The Morgan fingerprint density at radius 1 is 0.426 bits per heavy atom. The van der Waals surface area contributed by atoms with E-state index in [1.807, 2.05) is 7.05 Å². The summed E-state index contributed by atoms with van der Waals surface area (Å²) in [7, 11) is 3.63. The number of nitrogens with two attached hydrogens (primary N) is 1. The van der Waals surface area contributed by atoms with Crippen LogP contribution in [0.15, 0.2) is 19.2 Å². The first-order valence-corrected chi connectivity index (χ1v) is 27.8. The van der Waals surface area contributed by atoms with Gasteiger partial charge in [-0.2, -0.15) is 0 Å². The van der Waals surface area contributed by atoms with E-state index in [1.165, 1.54) is 141 Å². The number of anilines is 4. The number of hydrogen-bond donors (Lipinski definition) is 7. The van der Waals surface area contributed by atoms with E-state index in [1.54, 1.807) is 7.05 Å². The summed E-state index contributed by atoms with van der Waals surface area (Å²) in [4.78, 5) is 55.4. The number of aliphatic hydroxyl groups is 2. The average Bonchev–Trinajstić information content (AvgIpc) is 3.34. The van der Waals surface area contributed by atoms with Crippen LogP contribution in [-0.2, 0) is 0 Å². The highest BCUT2D eigenvalue weighted by Crippen LogP contribution is 2.17. The third-order valence-electron chi connectivity index (χ3n) is 13.7. The highest BCUT2D eigenvalue weighted by molar-refractivity contribution is 5.74. The van der Waals surface area contributed by atoms with Gasteiger partial charge in [0.1, 0.15) is 22.7 Å². The summed E-state index contributed by atoms with van der Waals surface area (Å²) in [6, 6.07) is 0. The fourth-order valence-electron chi connectivity index (χ4n) is 9.33. The van der Waals surface area contributed by atoms with Gasteiger partial charge >= 0.3 is 0 Å². The quantitative estimate of drug-likeness (QED) is 0.0249. The maximum atomic E-state index is 12.6. The van der Waals surface area contributed by atoms with Crippen molar-refractivity contribution >= 4 is 22.7 Å². The zero-order valence-electron chi connectivity index (χ0n) is 43.9. The fraction of sp³-hybridized carbons (Fsp3) is 0.852. The molecule has 0 amide bonds. The zero-order chi connectivity index (χ0) is 49.6. The first-order chi connectivity index (χ1) is 33.1. The molecule has 0 bridgehead atoms. The van der Waals surface area contributed by atoms with Crippen LogP contribution in [-0.4, -0.2) is 130 Å². The minimum Gasteiger partial charge on any atom is -0.390 e. The standard InChI is InChI=1S/C54H102N8O6/c1-5-7-9-11-13-15-17-19-21-23-25-27-37-61(43-45(63)41-55)39-29-30-40-62(38-28-26-24-22-20-18-16-14-12-10-8-6-2)44-46(64)42-59-50-49(53(67)54(50)68)58-34-32-36-60(4)35-31-33-57-48-47(56-3)51(65)52(48)66/h45-46,56-59,63-64H,5-44,55H2,1-4H3. The van der Waals surface area contributed by atoms with Gasteiger partial charge < -0.3 is 51.9 Å². The van der Waals surface area contributed by atoms with Crippen molar-refractivity contribution in [2.24, 2.45) is 5.73 Å². The van der Waals surface area contributed by atoms with Crippen LogP contribution in [0.5, 0.6) is 0 Å². The van der Waals surface area contributed by atoms with E-state index in [0.717, 1.165) is 77.8 Å². The summed E-state index contributed by atoms with van der Waals surface area (Å²) in [6.07, 6.45) is 33.7. The third-order valence-corrected chi connectivity index (χ3v) is 13.7. The second kappa shape index (κ2) is 39.8. The van der Waals surface area contributed by atoms with E-state index in [4.69, 9.17) is 5.73 Å². The van der Waals surface area contributed by atoms with Gasteiger partial charge in [-0.05, 0) is 84.8 Å². The number of aliphatic hydroxyl groups excluding tert-OH is 2. The zero-order valence-corrected chi connectivity index (χ0v) is 43.9. The minimum absolute atomic E-state index is 0.182. The van der Waals surface area contributed by atoms with Crippen LogP contribution in [0.2, 0.25) is 0 Å². The fourth-order valence-corrected chi connectivity index (χ4v) is 9.33. The van der Waals surface area contributed by atoms with Crippen molar-refractivity contribution in [1.29, 1.82) is 0 Å². The third kappa shape index (κ3) is 26.9. The molecule has 0 saturated heterocycles. The van der Waals surface area contributed by atoms with E-state index in [2.05, 4.69) is 49.8 Å². The van der Waals surface area contributed by atoms with Crippen LogP contribution in [0.25, 0.3) is 0 Å². The first-order valence-electron chi connectivity index (χ1n) is 27.8. The first kappa shape index (κ1) is 61.2. The number of rotatable bonds is 50. The Hall–Kier alpha value is -2.88. The van der Waals surface area contributed by atoms with E-state index >= 15 is 0 Å². The van der Waals surface area contributed by atoms with Crippen molar-refractivity contribution in [3.05, 3.63) is 40.9 Å². The molecule has 8 N–H and O–H groups in total. The van der Waals surface area contributed by atoms with Crippen molar-refractivity contribution in [2.75, 3.05) is 114 Å². The van der Waals surface area contributed by atoms with Crippen LogP contribution >= 0.6 is 0 Å². The van der Waals surface area contributed by atoms with Gasteiger partial charge in [0.25, 0.3) is 21.7 Å². The molecule has 394 valence electrons. The Kier molecular flexibility index (Phi) is 35.8. The maximum Gasteiger partial charge on any atom is 0.253 e. The van der Waals surface area contributed by atoms with Gasteiger partial charge in [0, 0.05) is 46.3 Å². The van der Waals surface area contributed by atoms with Crippen molar-refractivity contribution in [1.82, 2.24) is 14.7 Å². The molecule has 0 spiro atoms. The van der Waals surface area contributed by atoms with Gasteiger partial charge in [0.05, 0.1) is 12.2 Å². The Balaban J connectivity index is 1.79. The molecule has 0 saturated carbocycles. The maximum absolute atomic E-state index is 12.6. The predicted octanol–water partition coefficient (Wildman–Crippen LogP) is 8.04. The van der Waals surface area contributed by atoms with Crippen LogP contribution < -0.4 is 48.7 Å². The largest absolute Gasteiger partial charge is 0.390 e. The summed E-state index contributed by atoms with van der Waals surface area (Å²) < 4.78 is 0. The number of nitrogens with one attached hydrogen (secondary N) is 4. The molecule has 2 aromatic carbocycles. The van der Waals surface area contributed by atoms with Crippen LogP contribution in [0, 0.1) is 0 Å². The molecule has 2 atom stereocenters. The highest BCUT2D eigenvalue weighted by Gasteiger charge is 2.22. The summed E-state index contributed by atoms with van der Waals surface area (Å²) in [5.74, 6) is 0. The number of hydrogen-bond acceptors (Lipinski definition) is 14. The van der Waals surface area contributed by atoms with Gasteiger partial charge in [-0.25, -0.2) is 0 Å². The van der Waals surface area contributed by atoms with Gasteiger partial charge in [-0.15, -0.1) is 0 Å². The van der Waals surface area contributed by atoms with Gasteiger partial charge in [0.15, 0.2) is 0 Å². The Bertz CT molecular complexity index is 1660. The monoisotopic (exact) mass is 959 g/mol. The molecule has 0 aliphatic rings. The summed E-state index contributed by atoms with van der Waals surface area (Å²) in [5.41, 5.74) is 5.05. The summed E-state index contributed by atoms with van der Waals surface area (Å²) in [6.45, 7) is 12.4. The van der Waals surface area contributed by atoms with Crippen LogP contribution in [0.1, 0.15) is 194 Å². The van der Waals surface area contributed by atoms with Crippen molar-refractivity contribution < 1.29 is 10.2 Å². The second-order valence-corrected chi connectivity index (χ2v) is 19.9. The van der Waals surface area contributed by atoms with E-state index in [9.17, 15) is 29.4 Å². The van der Waals surface area contributed by atoms with E-state index in [0.29, 0.717) is 43.2 Å². The predicted molar refractivity (Wildman–Crippen MR) is 290 cm³/mol. The molecule has 2 rings (SSSR count). The molecule has 2 aromatic rings. The minimum atomic E-state index is -0.710. The molecule has 14 heteroatoms. The normalized spacial score (nSPS) is 12.9. The van der Waals surface area contributed by atoms with Gasteiger partial charge in [-0.1, -0.05) is 155 Å². The van der Waals surface area contributed by atoms with Crippen molar-refractivity contribution in [3.8, 4) is 0 Å². The molecule has 68 heavy (non-hydrogen) atoms. The molecule has 0 aliphatic heterocycles. The Labute approximate surface area is 412 Å². The lowest BCUT2D eigenvalue weighted by molar-refractivity contribution is 0.109. The molecular weight excluding hydrogens is 857 g/mol. The van der Waals surface area contributed by atoms with Crippen LogP contribution in [0.3, 0.4) is 0 Å². The molecule has 0 heterocycles. The van der Waals surface area contributed by atoms with Crippen molar-refractivity contribution in [2.45, 2.75) is 206 Å². The molecule has 0 aromatic heterocycles. The smallest absolute Gasteiger partial charge is 0.253 e. The second-order valence-electron chi connectivity index (χ2n) is 19.9. The molecule has 0 fully saturated rings. The molecule has 2 unspecified atom stereocenters. The van der Waals surface area contributed by atoms with Gasteiger partial charge in [0.2, 0.25) is 0 Å². The van der Waals surface area contributed by atoms with E-state index in [-0.39, 0.29) is 18.8 Å². The van der Waals surface area contributed by atoms with Crippen LogP contribution in [0.4, 0.5) is 22.7 Å². The van der Waals surface area contributed by atoms with E-state index < -0.39 is 33.9 Å². The lowest BCUT2D eigenvalue weighted by Gasteiger charge is -2.27. The van der Waals surface area contributed by atoms with Crippen molar-refractivity contribution in [3.63, 3.8) is 0 Å². The topological polar surface area (TPSA) is 193 Å². The molecular formula is C54H102N8O6.